The Balaban J connectivity index is 1.26. The lowest BCUT2D eigenvalue weighted by Gasteiger charge is -2.23. The Labute approximate surface area is 218 Å². The second-order valence-electron chi connectivity index (χ2n) is 9.72. The van der Waals surface area contributed by atoms with Crippen LogP contribution in [0.25, 0.3) is 54.9 Å². The van der Waals surface area contributed by atoms with Crippen LogP contribution in [-0.2, 0) is 0 Å². The number of nitrogens with one attached hydrogen (secondary N) is 2. The molecule has 0 amide bonds. The van der Waals surface area contributed by atoms with E-state index in [2.05, 4.69) is 67.4 Å². The Bertz CT molecular complexity index is 1730. The van der Waals surface area contributed by atoms with E-state index in [4.69, 9.17) is 4.74 Å². The van der Waals surface area contributed by atoms with E-state index in [9.17, 15) is 0 Å². The summed E-state index contributed by atoms with van der Waals surface area (Å²) in [6.07, 6.45) is 15.6. The molecule has 6 heterocycles. The first-order chi connectivity index (χ1) is 18.2. The van der Waals surface area contributed by atoms with Crippen LogP contribution >= 0.6 is 11.3 Å². The molecule has 1 fully saturated rings. The molecule has 0 bridgehead atoms. The zero-order chi connectivity index (χ0) is 24.8. The maximum Gasteiger partial charge on any atom is 0.181 e. The van der Waals surface area contributed by atoms with Crippen LogP contribution in [0.5, 0.6) is 5.75 Å². The third-order valence-electron chi connectivity index (χ3n) is 7.13. The Hall–Kier alpha value is -4.04. The normalized spacial score (nSPS) is 14.5. The third kappa shape index (κ3) is 4.17. The van der Waals surface area contributed by atoms with Gasteiger partial charge in [-0.3, -0.25) is 15.1 Å². The van der Waals surface area contributed by atoms with Gasteiger partial charge in [-0.1, -0.05) is 6.42 Å². The zero-order valence-corrected chi connectivity index (χ0v) is 21.3. The number of ether oxygens (including phenoxy) is 1. The van der Waals surface area contributed by atoms with Gasteiger partial charge in [0.15, 0.2) is 5.65 Å². The van der Waals surface area contributed by atoms with E-state index in [1.54, 1.807) is 17.5 Å². The number of thiophene rings is 1. The second-order valence-corrected chi connectivity index (χ2v) is 11.0. The van der Waals surface area contributed by atoms with Gasteiger partial charge >= 0.3 is 0 Å². The number of aromatic nitrogens is 6. The number of hydrogen-bond donors (Lipinski definition) is 2. The molecule has 6 aromatic heterocycles. The van der Waals surface area contributed by atoms with Crippen molar-refractivity contribution in [2.45, 2.75) is 45.1 Å². The Kier molecular flexibility index (Phi) is 5.47. The van der Waals surface area contributed by atoms with Crippen molar-refractivity contribution < 1.29 is 4.74 Å². The predicted octanol–water partition coefficient (Wildman–Crippen LogP) is 7.31. The van der Waals surface area contributed by atoms with Crippen molar-refractivity contribution in [1.82, 2.24) is 30.1 Å². The van der Waals surface area contributed by atoms with E-state index < -0.39 is 0 Å². The van der Waals surface area contributed by atoms with E-state index in [-0.39, 0.29) is 6.10 Å². The molecular weight excluding hydrogens is 480 g/mol. The molecule has 7 rings (SSSR count). The van der Waals surface area contributed by atoms with E-state index in [1.165, 1.54) is 29.0 Å². The minimum atomic E-state index is 0.284. The number of aromatic amines is 2. The Morgan fingerprint density at radius 1 is 0.892 bits per heavy atom. The van der Waals surface area contributed by atoms with E-state index in [0.717, 1.165) is 63.0 Å². The topological polar surface area (TPSA) is 92.4 Å². The van der Waals surface area contributed by atoms with Gasteiger partial charge < -0.3 is 9.72 Å². The first kappa shape index (κ1) is 22.2. The maximum atomic E-state index is 6.25. The first-order valence-electron chi connectivity index (χ1n) is 12.7. The molecule has 0 atom stereocenters. The van der Waals surface area contributed by atoms with Crippen LogP contribution in [0, 0.1) is 6.92 Å². The van der Waals surface area contributed by atoms with Crippen molar-refractivity contribution in [2.24, 2.45) is 0 Å². The van der Waals surface area contributed by atoms with Gasteiger partial charge in [-0.25, -0.2) is 4.98 Å². The van der Waals surface area contributed by atoms with Gasteiger partial charge in [-0.05, 0) is 62.9 Å². The summed E-state index contributed by atoms with van der Waals surface area (Å²) >= 11 is 1.78. The molecule has 37 heavy (non-hydrogen) atoms. The fourth-order valence-electron chi connectivity index (χ4n) is 5.24. The molecule has 1 aliphatic rings. The van der Waals surface area contributed by atoms with Crippen molar-refractivity contribution in [1.29, 1.82) is 0 Å². The number of H-pyrrole nitrogens is 2. The maximum absolute atomic E-state index is 6.25. The average molecular weight is 507 g/mol. The average Bonchev–Trinajstić information content (AvgIpc) is 3.66. The Morgan fingerprint density at radius 3 is 2.62 bits per heavy atom. The van der Waals surface area contributed by atoms with Gasteiger partial charge in [0, 0.05) is 55.8 Å². The number of fused-ring (bicyclic) bond motifs is 2. The number of hydrogen-bond acceptors (Lipinski definition) is 6. The fraction of sp³-hybridized carbons (Fsp3) is 0.241. The highest BCUT2D eigenvalue weighted by molar-refractivity contribution is 7.15. The van der Waals surface area contributed by atoms with Crippen molar-refractivity contribution in [3.8, 4) is 38.7 Å². The quantitative estimate of drug-likeness (QED) is 0.256. The molecule has 7 nitrogen and oxygen atoms in total. The largest absolute Gasteiger partial charge is 0.489 e. The predicted molar refractivity (Wildman–Crippen MR) is 148 cm³/mol. The lowest BCUT2D eigenvalue weighted by molar-refractivity contribution is 0.154. The van der Waals surface area contributed by atoms with Gasteiger partial charge in [0.2, 0.25) is 0 Å². The summed E-state index contributed by atoms with van der Waals surface area (Å²) in [4.78, 5) is 19.6. The molecule has 0 saturated heterocycles. The summed E-state index contributed by atoms with van der Waals surface area (Å²) in [6.45, 7) is 2.12. The van der Waals surface area contributed by atoms with Crippen molar-refractivity contribution >= 4 is 33.3 Å². The molecule has 0 spiro atoms. The highest BCUT2D eigenvalue weighted by Gasteiger charge is 2.17. The van der Waals surface area contributed by atoms with Gasteiger partial charge in [-0.15, -0.1) is 11.3 Å². The van der Waals surface area contributed by atoms with Crippen molar-refractivity contribution in [3.63, 3.8) is 0 Å². The van der Waals surface area contributed by atoms with E-state index in [0.29, 0.717) is 5.65 Å². The number of nitrogens with zero attached hydrogens (tertiary/aromatic N) is 4. The number of aryl methyl sites for hydroxylation is 1. The lowest BCUT2D eigenvalue weighted by Crippen LogP contribution is -2.19. The highest BCUT2D eigenvalue weighted by atomic mass is 32.1. The lowest BCUT2D eigenvalue weighted by atomic mass is 9.98. The molecule has 0 aromatic carbocycles. The Morgan fingerprint density at radius 2 is 1.76 bits per heavy atom. The minimum absolute atomic E-state index is 0.284. The van der Waals surface area contributed by atoms with Crippen LogP contribution in [0.15, 0.2) is 61.3 Å². The molecule has 1 saturated carbocycles. The first-order valence-corrected chi connectivity index (χ1v) is 13.5. The second kappa shape index (κ2) is 9.12. The van der Waals surface area contributed by atoms with Crippen molar-refractivity contribution in [3.05, 3.63) is 66.2 Å². The molecule has 2 N–H and O–H groups in total. The van der Waals surface area contributed by atoms with Crippen LogP contribution in [-0.4, -0.2) is 36.2 Å². The minimum Gasteiger partial charge on any atom is -0.489 e. The zero-order valence-electron chi connectivity index (χ0n) is 20.5. The summed E-state index contributed by atoms with van der Waals surface area (Å²) in [5, 5.41) is 9.75. The summed E-state index contributed by atoms with van der Waals surface area (Å²) in [5.74, 6) is 0.816. The third-order valence-corrected chi connectivity index (χ3v) is 8.17. The van der Waals surface area contributed by atoms with Crippen LogP contribution in [0.4, 0.5) is 0 Å². The summed E-state index contributed by atoms with van der Waals surface area (Å²) < 4.78 is 6.25. The van der Waals surface area contributed by atoms with Crippen LogP contribution in [0.3, 0.4) is 0 Å². The van der Waals surface area contributed by atoms with Gasteiger partial charge in [-0.2, -0.15) is 5.10 Å². The summed E-state index contributed by atoms with van der Waals surface area (Å²) in [6, 6.07) is 10.7. The fourth-order valence-corrected chi connectivity index (χ4v) is 6.13. The molecular formula is C29H26N6OS. The van der Waals surface area contributed by atoms with Gasteiger partial charge in [0.25, 0.3) is 0 Å². The van der Waals surface area contributed by atoms with E-state index in [1.807, 2.05) is 24.8 Å². The SMILES string of the molecule is Cc1ccc(-c2cncc3[nH]c(-c4[nH]nc5ncc(-c6cncc(OC7CCCCC7)c6)cc45)cc23)s1. The summed E-state index contributed by atoms with van der Waals surface area (Å²) in [5.41, 5.74) is 6.59. The van der Waals surface area contributed by atoms with Gasteiger partial charge in [0.05, 0.1) is 35.4 Å². The molecule has 6 aromatic rings. The van der Waals surface area contributed by atoms with Crippen LogP contribution in [0.2, 0.25) is 0 Å². The number of pyridine rings is 3. The summed E-state index contributed by atoms with van der Waals surface area (Å²) in [7, 11) is 0. The molecule has 0 aliphatic heterocycles. The molecule has 1 aliphatic carbocycles. The monoisotopic (exact) mass is 506 g/mol. The smallest absolute Gasteiger partial charge is 0.181 e. The molecule has 8 heteroatoms. The number of rotatable bonds is 5. The van der Waals surface area contributed by atoms with Gasteiger partial charge in [0.1, 0.15) is 5.75 Å². The highest BCUT2D eigenvalue weighted by Crippen LogP contribution is 2.36. The van der Waals surface area contributed by atoms with Crippen molar-refractivity contribution in [2.75, 3.05) is 0 Å². The molecule has 0 unspecified atom stereocenters. The van der Waals surface area contributed by atoms with Crippen LogP contribution < -0.4 is 4.74 Å². The molecule has 0 radical (unpaired) electrons. The van der Waals surface area contributed by atoms with Crippen LogP contribution in [0.1, 0.15) is 37.0 Å². The van der Waals surface area contributed by atoms with E-state index >= 15 is 0 Å². The standard InChI is InChI=1S/C29H26N6OS/c1-17-7-8-27(37-17)24-15-31-16-26-22(24)11-25(33-26)28-23-10-19(13-32-29(23)35-34-28)18-9-21(14-30-12-18)36-20-5-3-2-4-6-20/h7-16,20,33H,2-6H2,1H3,(H,32,34,35). The molecule has 184 valence electrons.